The fourth-order valence-corrected chi connectivity index (χ4v) is 3.33. The molecule has 0 bridgehead atoms. The molecule has 0 spiro atoms. The second-order valence-corrected chi connectivity index (χ2v) is 6.65. The van der Waals surface area contributed by atoms with Crippen molar-refractivity contribution in [3.05, 3.63) is 46.8 Å². The first kappa shape index (κ1) is 15.1. The Kier molecular flexibility index (Phi) is 3.88. The zero-order chi connectivity index (χ0) is 16.5. The summed E-state index contributed by atoms with van der Waals surface area (Å²) in [6, 6.07) is 5.19. The Balaban J connectivity index is 1.60. The zero-order valence-corrected chi connectivity index (χ0v) is 13.4. The van der Waals surface area contributed by atoms with Gasteiger partial charge in [-0.25, -0.2) is 4.98 Å². The van der Waals surface area contributed by atoms with E-state index < -0.39 is 0 Å². The molecule has 1 N–H and O–H groups in total. The van der Waals surface area contributed by atoms with Crippen LogP contribution < -0.4 is 5.56 Å². The Bertz CT molecular complexity index is 798. The van der Waals surface area contributed by atoms with Gasteiger partial charge < -0.3 is 9.88 Å². The molecule has 2 fully saturated rings. The Hall–Kier alpha value is -2.50. The van der Waals surface area contributed by atoms with Gasteiger partial charge in [0.15, 0.2) is 0 Å². The average Bonchev–Trinajstić information content (AvgIpc) is 3.46. The van der Waals surface area contributed by atoms with Crippen molar-refractivity contribution in [1.82, 2.24) is 19.9 Å². The molecular formula is C18H20N4O2. The first-order valence-electron chi connectivity index (χ1n) is 8.51. The average molecular weight is 324 g/mol. The number of carbonyl (C=O) groups excluding carboxylic acids is 1. The summed E-state index contributed by atoms with van der Waals surface area (Å²) in [7, 11) is 0. The van der Waals surface area contributed by atoms with E-state index in [2.05, 4.69) is 15.0 Å². The number of hydrogen-bond acceptors (Lipinski definition) is 4. The third kappa shape index (κ3) is 3.09. The third-order valence-electron chi connectivity index (χ3n) is 4.78. The SMILES string of the molecule is O=C(C1CC1)N1CCC[C@H](c2nc(-c3ccncc3)cc(=O)[nH]2)C1. The molecule has 1 aliphatic heterocycles. The lowest BCUT2D eigenvalue weighted by molar-refractivity contribution is -0.133. The second-order valence-electron chi connectivity index (χ2n) is 6.65. The van der Waals surface area contributed by atoms with Gasteiger partial charge in [0.25, 0.3) is 5.56 Å². The highest BCUT2D eigenvalue weighted by atomic mass is 16.2. The summed E-state index contributed by atoms with van der Waals surface area (Å²) < 4.78 is 0. The standard InChI is InChI=1S/C18H20N4O2/c23-16-10-15(12-5-7-19-8-6-12)20-17(21-16)14-2-1-9-22(11-14)18(24)13-3-4-13/h5-8,10,13-14H,1-4,9,11H2,(H,20,21,23)/t14-/m0/s1. The maximum Gasteiger partial charge on any atom is 0.251 e. The van der Waals surface area contributed by atoms with E-state index in [9.17, 15) is 9.59 Å². The largest absolute Gasteiger partial charge is 0.342 e. The van der Waals surface area contributed by atoms with Crippen LogP contribution in [-0.4, -0.2) is 38.8 Å². The van der Waals surface area contributed by atoms with Crippen LogP contribution in [0.25, 0.3) is 11.3 Å². The lowest BCUT2D eigenvalue weighted by Gasteiger charge is -2.32. The highest BCUT2D eigenvalue weighted by molar-refractivity contribution is 5.81. The van der Waals surface area contributed by atoms with Crippen molar-refractivity contribution in [2.45, 2.75) is 31.6 Å². The highest BCUT2D eigenvalue weighted by Crippen LogP contribution is 2.34. The molecule has 3 heterocycles. The van der Waals surface area contributed by atoms with Gasteiger partial charge in [0, 0.05) is 48.9 Å². The predicted molar refractivity (Wildman–Crippen MR) is 89.4 cm³/mol. The van der Waals surface area contributed by atoms with Crippen LogP contribution in [0.2, 0.25) is 0 Å². The van der Waals surface area contributed by atoms with Crippen molar-refractivity contribution in [1.29, 1.82) is 0 Å². The minimum Gasteiger partial charge on any atom is -0.342 e. The molecule has 1 aliphatic carbocycles. The Morgan fingerprint density at radius 1 is 1.21 bits per heavy atom. The number of piperidine rings is 1. The van der Waals surface area contributed by atoms with Gasteiger partial charge in [-0.2, -0.15) is 0 Å². The lowest BCUT2D eigenvalue weighted by atomic mass is 9.96. The Morgan fingerprint density at radius 3 is 2.75 bits per heavy atom. The highest BCUT2D eigenvalue weighted by Gasteiger charge is 2.36. The molecule has 0 aromatic carbocycles. The fourth-order valence-electron chi connectivity index (χ4n) is 3.33. The van der Waals surface area contributed by atoms with E-state index in [1.54, 1.807) is 12.4 Å². The van der Waals surface area contributed by atoms with Crippen LogP contribution in [0.3, 0.4) is 0 Å². The molecule has 124 valence electrons. The first-order chi connectivity index (χ1) is 11.7. The van der Waals surface area contributed by atoms with Crippen LogP contribution in [-0.2, 0) is 4.79 Å². The number of pyridine rings is 1. The monoisotopic (exact) mass is 324 g/mol. The fraction of sp³-hybridized carbons (Fsp3) is 0.444. The molecule has 1 saturated carbocycles. The maximum absolute atomic E-state index is 12.3. The normalized spacial score (nSPS) is 20.8. The van der Waals surface area contributed by atoms with Crippen molar-refractivity contribution in [2.75, 3.05) is 13.1 Å². The first-order valence-corrected chi connectivity index (χ1v) is 8.51. The minimum absolute atomic E-state index is 0.0935. The van der Waals surface area contributed by atoms with Crippen LogP contribution >= 0.6 is 0 Å². The Labute approximate surface area is 140 Å². The van der Waals surface area contributed by atoms with Crippen molar-refractivity contribution >= 4 is 5.91 Å². The van der Waals surface area contributed by atoms with E-state index >= 15 is 0 Å². The molecule has 0 radical (unpaired) electrons. The molecular weight excluding hydrogens is 304 g/mol. The molecule has 2 aliphatic rings. The van der Waals surface area contributed by atoms with Crippen LogP contribution in [0.5, 0.6) is 0 Å². The van der Waals surface area contributed by atoms with Crippen molar-refractivity contribution in [2.24, 2.45) is 5.92 Å². The molecule has 1 saturated heterocycles. The molecule has 6 heteroatoms. The summed E-state index contributed by atoms with van der Waals surface area (Å²) in [5, 5.41) is 0. The third-order valence-corrected chi connectivity index (χ3v) is 4.78. The van der Waals surface area contributed by atoms with Gasteiger partial charge >= 0.3 is 0 Å². The van der Waals surface area contributed by atoms with Crippen LogP contribution in [0.4, 0.5) is 0 Å². The number of H-pyrrole nitrogens is 1. The number of nitrogens with one attached hydrogen (secondary N) is 1. The quantitative estimate of drug-likeness (QED) is 0.936. The second kappa shape index (κ2) is 6.19. The molecule has 4 rings (SSSR count). The number of nitrogens with zero attached hydrogens (tertiary/aromatic N) is 3. The van der Waals surface area contributed by atoms with Crippen molar-refractivity contribution < 1.29 is 4.79 Å². The summed E-state index contributed by atoms with van der Waals surface area (Å²) in [4.78, 5) is 37.9. The Morgan fingerprint density at radius 2 is 2.00 bits per heavy atom. The van der Waals surface area contributed by atoms with Crippen molar-refractivity contribution in [3.8, 4) is 11.3 Å². The molecule has 6 nitrogen and oxygen atoms in total. The van der Waals surface area contributed by atoms with Gasteiger partial charge in [0.2, 0.25) is 5.91 Å². The van der Waals surface area contributed by atoms with Crippen LogP contribution in [0.15, 0.2) is 35.4 Å². The van der Waals surface area contributed by atoms with Gasteiger partial charge in [-0.3, -0.25) is 14.6 Å². The summed E-state index contributed by atoms with van der Waals surface area (Å²) in [5.74, 6) is 1.28. The molecule has 1 amide bonds. The van der Waals surface area contributed by atoms with E-state index in [1.165, 1.54) is 6.07 Å². The van der Waals surface area contributed by atoms with Crippen molar-refractivity contribution in [3.63, 3.8) is 0 Å². The van der Waals surface area contributed by atoms with E-state index in [4.69, 9.17) is 0 Å². The number of hydrogen-bond donors (Lipinski definition) is 1. The summed E-state index contributed by atoms with van der Waals surface area (Å²) in [6.07, 6.45) is 7.31. The number of likely N-dealkylation sites (tertiary alicyclic amines) is 1. The van der Waals surface area contributed by atoms with E-state index in [1.807, 2.05) is 17.0 Å². The van der Waals surface area contributed by atoms with E-state index in [-0.39, 0.29) is 23.3 Å². The zero-order valence-electron chi connectivity index (χ0n) is 13.4. The minimum atomic E-state index is -0.155. The van der Waals surface area contributed by atoms with Gasteiger partial charge in [-0.1, -0.05) is 0 Å². The molecule has 2 aromatic rings. The lowest BCUT2D eigenvalue weighted by Crippen LogP contribution is -2.40. The number of rotatable bonds is 3. The predicted octanol–water partition coefficient (Wildman–Crippen LogP) is 1.95. The molecule has 0 unspecified atom stereocenters. The molecule has 1 atom stereocenters. The molecule has 2 aromatic heterocycles. The van der Waals surface area contributed by atoms with Gasteiger partial charge in [-0.05, 0) is 37.8 Å². The van der Waals surface area contributed by atoms with Gasteiger partial charge in [0.05, 0.1) is 5.69 Å². The summed E-state index contributed by atoms with van der Waals surface area (Å²) in [6.45, 7) is 1.47. The van der Waals surface area contributed by atoms with Gasteiger partial charge in [0.1, 0.15) is 5.82 Å². The number of carbonyl (C=O) groups is 1. The smallest absolute Gasteiger partial charge is 0.251 e. The summed E-state index contributed by atoms with van der Waals surface area (Å²) >= 11 is 0. The van der Waals surface area contributed by atoms with Gasteiger partial charge in [-0.15, -0.1) is 0 Å². The van der Waals surface area contributed by atoms with Crippen LogP contribution in [0.1, 0.15) is 37.4 Å². The summed E-state index contributed by atoms with van der Waals surface area (Å²) in [5.41, 5.74) is 1.37. The number of aromatic nitrogens is 3. The van der Waals surface area contributed by atoms with E-state index in [0.29, 0.717) is 18.1 Å². The number of amides is 1. The molecule has 24 heavy (non-hydrogen) atoms. The number of aromatic amines is 1. The van der Waals surface area contributed by atoms with Crippen LogP contribution in [0, 0.1) is 5.92 Å². The topological polar surface area (TPSA) is 79.0 Å². The maximum atomic E-state index is 12.3. The van der Waals surface area contributed by atoms with E-state index in [0.717, 1.165) is 37.8 Å².